The summed E-state index contributed by atoms with van der Waals surface area (Å²) in [5, 5.41) is 18.2. The smallest absolute Gasteiger partial charge is 0.253 e. The minimum atomic E-state index is -0.393. The molecule has 2 heterocycles. The molecular formula is C31H31BrN6O5S. The standard InChI is InChI=1S/C31H31BrN6O5S/c1-37-27(17-33-30(40)20-10-14-22(41-2)15-11-20)34-35-31(37)44-18-28(39)38-25(23-6-5-7-26(42-3)29(23)43-4)16-24(36-38)19-8-12-21(32)13-9-19/h5-15,25H,16-18H2,1-4H3,(H,33,40)/t25-/m1/s1. The largest absolute Gasteiger partial charge is 0.497 e. The maximum Gasteiger partial charge on any atom is 0.253 e. The average Bonchev–Trinajstić information content (AvgIpc) is 3.66. The first-order valence-electron chi connectivity index (χ1n) is 13.6. The second kappa shape index (κ2) is 14.0. The third kappa shape index (κ3) is 6.73. The van der Waals surface area contributed by atoms with Crippen LogP contribution in [0.4, 0.5) is 0 Å². The van der Waals surface area contributed by atoms with E-state index in [1.54, 1.807) is 57.2 Å². The number of benzene rings is 3. The highest BCUT2D eigenvalue weighted by Gasteiger charge is 2.35. The van der Waals surface area contributed by atoms with Gasteiger partial charge in [0.2, 0.25) is 0 Å². The third-order valence-corrected chi connectivity index (χ3v) is 8.68. The van der Waals surface area contributed by atoms with Crippen molar-refractivity contribution in [1.29, 1.82) is 0 Å². The monoisotopic (exact) mass is 678 g/mol. The fourth-order valence-electron chi connectivity index (χ4n) is 4.79. The summed E-state index contributed by atoms with van der Waals surface area (Å²) in [6, 6.07) is 19.9. The Labute approximate surface area is 267 Å². The van der Waals surface area contributed by atoms with Gasteiger partial charge in [-0.05, 0) is 48.0 Å². The molecule has 1 aromatic heterocycles. The van der Waals surface area contributed by atoms with Crippen molar-refractivity contribution in [3.05, 3.63) is 93.7 Å². The molecule has 0 radical (unpaired) electrons. The van der Waals surface area contributed by atoms with Crippen LogP contribution < -0.4 is 19.5 Å². The number of rotatable bonds is 11. The van der Waals surface area contributed by atoms with Crippen LogP contribution in [-0.4, -0.2) is 64.4 Å². The van der Waals surface area contributed by atoms with E-state index in [1.807, 2.05) is 42.5 Å². The van der Waals surface area contributed by atoms with Gasteiger partial charge in [-0.3, -0.25) is 9.59 Å². The van der Waals surface area contributed by atoms with Crippen molar-refractivity contribution >= 4 is 45.2 Å². The van der Waals surface area contributed by atoms with E-state index in [2.05, 4.69) is 31.4 Å². The molecule has 1 N–H and O–H groups in total. The Hall–Kier alpha value is -4.36. The minimum absolute atomic E-state index is 0.0735. The topological polar surface area (TPSA) is 120 Å². The van der Waals surface area contributed by atoms with E-state index >= 15 is 0 Å². The van der Waals surface area contributed by atoms with E-state index in [-0.39, 0.29) is 24.1 Å². The minimum Gasteiger partial charge on any atom is -0.497 e. The lowest BCUT2D eigenvalue weighted by atomic mass is 9.97. The van der Waals surface area contributed by atoms with E-state index in [9.17, 15) is 9.59 Å². The number of hydrogen-bond acceptors (Lipinski definition) is 9. The molecule has 4 aromatic rings. The van der Waals surface area contributed by atoms with Crippen LogP contribution in [0, 0.1) is 0 Å². The zero-order chi connectivity index (χ0) is 31.2. The molecule has 13 heteroatoms. The van der Waals surface area contributed by atoms with Gasteiger partial charge in [0.15, 0.2) is 22.5 Å². The molecule has 44 heavy (non-hydrogen) atoms. The number of aromatic nitrogens is 3. The second-order valence-corrected chi connectivity index (χ2v) is 11.6. The van der Waals surface area contributed by atoms with Crippen LogP contribution in [0.2, 0.25) is 0 Å². The summed E-state index contributed by atoms with van der Waals surface area (Å²) >= 11 is 4.73. The number of hydrazone groups is 1. The maximum atomic E-state index is 13.7. The maximum absolute atomic E-state index is 13.7. The SMILES string of the molecule is COc1ccc(C(=O)NCc2nnc(SCC(=O)N3N=C(c4ccc(Br)cc4)C[C@@H]3c3cccc(OC)c3OC)n2C)cc1. The van der Waals surface area contributed by atoms with Gasteiger partial charge in [0, 0.05) is 29.1 Å². The van der Waals surface area contributed by atoms with Crippen molar-refractivity contribution in [3.8, 4) is 17.2 Å². The fourth-order valence-corrected chi connectivity index (χ4v) is 5.84. The van der Waals surface area contributed by atoms with Gasteiger partial charge in [0.1, 0.15) is 5.75 Å². The number of carbonyl (C=O) groups excluding carboxylic acids is 2. The van der Waals surface area contributed by atoms with Crippen molar-refractivity contribution in [3.63, 3.8) is 0 Å². The molecule has 0 spiro atoms. The van der Waals surface area contributed by atoms with E-state index in [4.69, 9.17) is 19.3 Å². The molecule has 0 fully saturated rings. The molecule has 228 valence electrons. The van der Waals surface area contributed by atoms with Crippen molar-refractivity contribution in [1.82, 2.24) is 25.1 Å². The zero-order valence-electron chi connectivity index (χ0n) is 24.6. The van der Waals surface area contributed by atoms with Crippen molar-refractivity contribution in [2.45, 2.75) is 24.2 Å². The van der Waals surface area contributed by atoms with Crippen LogP contribution in [0.5, 0.6) is 17.2 Å². The number of thioether (sulfide) groups is 1. The highest BCUT2D eigenvalue weighted by Crippen LogP contribution is 2.42. The quantitative estimate of drug-likeness (QED) is 0.220. The molecule has 1 aliphatic heterocycles. The Kier molecular flexibility index (Phi) is 9.85. The number of hydrogen-bond donors (Lipinski definition) is 1. The van der Waals surface area contributed by atoms with Crippen LogP contribution in [-0.2, 0) is 18.4 Å². The number of carbonyl (C=O) groups is 2. The highest BCUT2D eigenvalue weighted by molar-refractivity contribution is 9.10. The van der Waals surface area contributed by atoms with E-state index in [0.717, 1.165) is 21.3 Å². The van der Waals surface area contributed by atoms with Crippen molar-refractivity contribution < 1.29 is 23.8 Å². The zero-order valence-corrected chi connectivity index (χ0v) is 27.0. The van der Waals surface area contributed by atoms with Crippen molar-refractivity contribution in [2.24, 2.45) is 12.1 Å². The molecule has 2 amide bonds. The molecule has 0 bridgehead atoms. The van der Waals surface area contributed by atoms with E-state index in [0.29, 0.717) is 40.2 Å². The summed E-state index contributed by atoms with van der Waals surface area (Å²) in [4.78, 5) is 26.3. The predicted molar refractivity (Wildman–Crippen MR) is 170 cm³/mol. The number of halogens is 1. The van der Waals surface area contributed by atoms with Crippen LogP contribution in [0.25, 0.3) is 0 Å². The molecule has 3 aromatic carbocycles. The van der Waals surface area contributed by atoms with Gasteiger partial charge in [-0.1, -0.05) is 52.0 Å². The third-order valence-electron chi connectivity index (χ3n) is 7.14. The van der Waals surface area contributed by atoms with Crippen LogP contribution in [0.1, 0.15) is 39.8 Å². The first-order chi connectivity index (χ1) is 21.3. The summed E-state index contributed by atoms with van der Waals surface area (Å²) in [5.74, 6) is 2.00. The summed E-state index contributed by atoms with van der Waals surface area (Å²) in [6.45, 7) is 0.174. The highest BCUT2D eigenvalue weighted by atomic mass is 79.9. The normalized spacial score (nSPS) is 14.2. The Morgan fingerprint density at radius 2 is 1.73 bits per heavy atom. The number of para-hydroxylation sites is 1. The number of nitrogens with one attached hydrogen (secondary N) is 1. The van der Waals surface area contributed by atoms with Gasteiger partial charge in [-0.15, -0.1) is 10.2 Å². The molecule has 0 saturated heterocycles. The number of amides is 2. The van der Waals surface area contributed by atoms with E-state index < -0.39 is 6.04 Å². The molecule has 1 aliphatic rings. The summed E-state index contributed by atoms with van der Waals surface area (Å²) in [5.41, 5.74) is 3.02. The Morgan fingerprint density at radius 3 is 2.41 bits per heavy atom. The predicted octanol–water partition coefficient (Wildman–Crippen LogP) is 5.00. The number of nitrogens with zero attached hydrogens (tertiary/aromatic N) is 5. The van der Waals surface area contributed by atoms with E-state index in [1.165, 1.54) is 16.8 Å². The van der Waals surface area contributed by atoms with Crippen LogP contribution >= 0.6 is 27.7 Å². The molecule has 11 nitrogen and oxygen atoms in total. The lowest BCUT2D eigenvalue weighted by molar-refractivity contribution is -0.130. The van der Waals surface area contributed by atoms with Gasteiger partial charge >= 0.3 is 0 Å². The molecule has 0 aliphatic carbocycles. The van der Waals surface area contributed by atoms with Gasteiger partial charge in [0.05, 0.1) is 45.4 Å². The van der Waals surface area contributed by atoms with Crippen LogP contribution in [0.15, 0.2) is 81.5 Å². The summed E-state index contributed by atoms with van der Waals surface area (Å²) in [6.07, 6.45) is 0.504. The Morgan fingerprint density at radius 1 is 0.977 bits per heavy atom. The molecule has 0 saturated carbocycles. The molecule has 1 atom stereocenters. The van der Waals surface area contributed by atoms with Gasteiger partial charge in [0.25, 0.3) is 11.8 Å². The van der Waals surface area contributed by atoms with Gasteiger partial charge in [-0.25, -0.2) is 5.01 Å². The fraction of sp³-hybridized carbons (Fsp3) is 0.258. The first kappa shape index (κ1) is 31.1. The van der Waals surface area contributed by atoms with Gasteiger partial charge in [-0.2, -0.15) is 5.10 Å². The Balaban J connectivity index is 1.30. The van der Waals surface area contributed by atoms with Crippen molar-refractivity contribution in [2.75, 3.05) is 27.1 Å². The molecule has 0 unspecified atom stereocenters. The lowest BCUT2D eigenvalue weighted by Gasteiger charge is -2.24. The lowest BCUT2D eigenvalue weighted by Crippen LogP contribution is -2.29. The second-order valence-electron chi connectivity index (χ2n) is 9.75. The van der Waals surface area contributed by atoms with Gasteiger partial charge < -0.3 is 24.1 Å². The Bertz CT molecular complexity index is 1680. The van der Waals surface area contributed by atoms with Crippen LogP contribution in [0.3, 0.4) is 0 Å². The number of ether oxygens (including phenoxy) is 3. The number of methoxy groups -OCH3 is 3. The molecular weight excluding hydrogens is 648 g/mol. The average molecular weight is 680 g/mol. The summed E-state index contributed by atoms with van der Waals surface area (Å²) in [7, 11) is 6.53. The first-order valence-corrected chi connectivity index (χ1v) is 15.4. The molecule has 5 rings (SSSR count). The summed E-state index contributed by atoms with van der Waals surface area (Å²) < 4.78 is 19.1.